The van der Waals surface area contributed by atoms with Crippen molar-refractivity contribution in [2.75, 3.05) is 12.4 Å². The molecule has 3 nitrogen and oxygen atoms in total. The molecule has 2 rings (SSSR count). The van der Waals surface area contributed by atoms with Gasteiger partial charge in [0.25, 0.3) is 5.91 Å². The maximum Gasteiger partial charge on any atom is 0.257 e. The molecule has 0 aromatic heterocycles. The number of aromatic hydroxyl groups is 1. The van der Waals surface area contributed by atoms with Crippen molar-refractivity contribution in [3.05, 3.63) is 29.6 Å². The Morgan fingerprint density at radius 1 is 1.53 bits per heavy atom. The highest BCUT2D eigenvalue weighted by Crippen LogP contribution is 2.25. The minimum absolute atomic E-state index is 0.0237. The molecule has 1 saturated heterocycles. The third-order valence-electron chi connectivity index (χ3n) is 3.49. The Kier molecular flexibility index (Phi) is 4.64. The van der Waals surface area contributed by atoms with E-state index in [0.29, 0.717) is 12.4 Å². The van der Waals surface area contributed by atoms with Crippen LogP contribution in [-0.2, 0) is 0 Å². The SMILES string of the molecule is O=C(c1ccc(O)cc1F)N1CCCC1CCCCl. The molecule has 1 aliphatic rings. The van der Waals surface area contributed by atoms with Crippen LogP contribution in [0, 0.1) is 5.82 Å². The molecule has 0 saturated carbocycles. The summed E-state index contributed by atoms with van der Waals surface area (Å²) in [6, 6.07) is 3.79. The van der Waals surface area contributed by atoms with E-state index in [1.807, 2.05) is 0 Å². The van der Waals surface area contributed by atoms with Crippen molar-refractivity contribution in [1.82, 2.24) is 4.90 Å². The number of hydrogen-bond acceptors (Lipinski definition) is 2. The van der Waals surface area contributed by atoms with E-state index < -0.39 is 5.82 Å². The number of hydrogen-bond donors (Lipinski definition) is 1. The molecule has 0 spiro atoms. The molecule has 1 aliphatic heterocycles. The molecule has 1 aromatic carbocycles. The smallest absolute Gasteiger partial charge is 0.257 e. The summed E-state index contributed by atoms with van der Waals surface area (Å²) >= 11 is 5.68. The normalized spacial score (nSPS) is 18.8. The molecule has 5 heteroatoms. The number of alkyl halides is 1. The van der Waals surface area contributed by atoms with E-state index in [2.05, 4.69) is 0 Å². The Bertz CT molecular complexity index is 467. The van der Waals surface area contributed by atoms with Crippen LogP contribution in [0.25, 0.3) is 0 Å². The summed E-state index contributed by atoms with van der Waals surface area (Å²) in [7, 11) is 0. The summed E-state index contributed by atoms with van der Waals surface area (Å²) in [6.45, 7) is 0.659. The van der Waals surface area contributed by atoms with Crippen LogP contribution in [-0.4, -0.2) is 34.4 Å². The average Bonchev–Trinajstić information content (AvgIpc) is 2.83. The molecule has 104 valence electrons. The summed E-state index contributed by atoms with van der Waals surface area (Å²) in [4.78, 5) is 14.0. The van der Waals surface area contributed by atoms with E-state index in [4.69, 9.17) is 11.6 Å². The van der Waals surface area contributed by atoms with Gasteiger partial charge in [0.15, 0.2) is 0 Å². The van der Waals surface area contributed by atoms with Crippen molar-refractivity contribution in [1.29, 1.82) is 0 Å². The number of rotatable bonds is 4. The Morgan fingerprint density at radius 3 is 3.00 bits per heavy atom. The maximum atomic E-state index is 13.7. The Hall–Kier alpha value is -1.29. The molecular weight excluding hydrogens is 269 g/mol. The lowest BCUT2D eigenvalue weighted by Crippen LogP contribution is -2.36. The second-order valence-corrected chi connectivity index (χ2v) is 5.17. The van der Waals surface area contributed by atoms with E-state index >= 15 is 0 Å². The fourth-order valence-electron chi connectivity index (χ4n) is 2.55. The monoisotopic (exact) mass is 285 g/mol. The number of carbonyl (C=O) groups is 1. The zero-order valence-corrected chi connectivity index (χ0v) is 11.4. The minimum atomic E-state index is -0.673. The number of likely N-dealkylation sites (tertiary alicyclic amines) is 1. The Balaban J connectivity index is 2.13. The molecule has 1 N–H and O–H groups in total. The van der Waals surface area contributed by atoms with Crippen LogP contribution in [0.1, 0.15) is 36.0 Å². The highest BCUT2D eigenvalue weighted by molar-refractivity contribution is 6.17. The van der Waals surface area contributed by atoms with Crippen molar-refractivity contribution in [3.8, 4) is 5.75 Å². The lowest BCUT2D eigenvalue weighted by atomic mass is 10.1. The van der Waals surface area contributed by atoms with Gasteiger partial charge in [0.2, 0.25) is 0 Å². The van der Waals surface area contributed by atoms with Crippen molar-refractivity contribution < 1.29 is 14.3 Å². The van der Waals surface area contributed by atoms with Crippen LogP contribution in [0.15, 0.2) is 18.2 Å². The molecule has 0 radical (unpaired) electrons. The first-order valence-electron chi connectivity index (χ1n) is 6.49. The summed E-state index contributed by atoms with van der Waals surface area (Å²) in [5.74, 6) is -0.566. The van der Waals surface area contributed by atoms with Crippen LogP contribution in [0.3, 0.4) is 0 Å². The molecule has 1 amide bonds. The van der Waals surface area contributed by atoms with Gasteiger partial charge in [-0.15, -0.1) is 11.6 Å². The molecule has 0 aliphatic carbocycles. The van der Waals surface area contributed by atoms with Crippen LogP contribution in [0.2, 0.25) is 0 Å². The van der Waals surface area contributed by atoms with Gasteiger partial charge in [0.05, 0.1) is 5.56 Å². The predicted octanol–water partition coefficient (Wildman–Crippen LogP) is 3.15. The zero-order chi connectivity index (χ0) is 13.8. The molecule has 1 unspecified atom stereocenters. The predicted molar refractivity (Wildman–Crippen MR) is 72.1 cm³/mol. The first kappa shape index (κ1) is 14.1. The fraction of sp³-hybridized carbons (Fsp3) is 0.500. The van der Waals surface area contributed by atoms with Gasteiger partial charge < -0.3 is 10.0 Å². The van der Waals surface area contributed by atoms with Crippen LogP contribution in [0.4, 0.5) is 4.39 Å². The van der Waals surface area contributed by atoms with E-state index in [1.165, 1.54) is 12.1 Å². The van der Waals surface area contributed by atoms with Gasteiger partial charge in [-0.1, -0.05) is 0 Å². The zero-order valence-electron chi connectivity index (χ0n) is 10.6. The summed E-state index contributed by atoms with van der Waals surface area (Å²) < 4.78 is 13.7. The van der Waals surface area contributed by atoms with Gasteiger partial charge in [-0.2, -0.15) is 0 Å². The molecular formula is C14H17ClFNO2. The van der Waals surface area contributed by atoms with Gasteiger partial charge in [-0.05, 0) is 37.8 Å². The second kappa shape index (κ2) is 6.24. The van der Waals surface area contributed by atoms with Crippen molar-refractivity contribution >= 4 is 17.5 Å². The molecule has 1 atom stereocenters. The third-order valence-corrected chi connectivity index (χ3v) is 3.76. The summed E-state index contributed by atoms with van der Waals surface area (Å²) in [6.07, 6.45) is 3.60. The number of phenolic OH excluding ortho intramolecular Hbond substituents is 1. The number of benzene rings is 1. The lowest BCUT2D eigenvalue weighted by Gasteiger charge is -2.24. The Morgan fingerprint density at radius 2 is 2.32 bits per heavy atom. The maximum absolute atomic E-state index is 13.7. The van der Waals surface area contributed by atoms with E-state index in [0.717, 1.165) is 31.7 Å². The van der Waals surface area contributed by atoms with E-state index in [-0.39, 0.29) is 23.3 Å². The van der Waals surface area contributed by atoms with Gasteiger partial charge in [-0.25, -0.2) is 4.39 Å². The first-order chi connectivity index (χ1) is 9.13. The number of carbonyl (C=O) groups excluding carboxylic acids is 1. The highest BCUT2D eigenvalue weighted by Gasteiger charge is 2.30. The quantitative estimate of drug-likeness (QED) is 0.863. The van der Waals surface area contributed by atoms with Crippen LogP contribution >= 0.6 is 11.6 Å². The van der Waals surface area contributed by atoms with Crippen LogP contribution < -0.4 is 0 Å². The van der Waals surface area contributed by atoms with E-state index in [1.54, 1.807) is 4.90 Å². The Labute approximate surface area is 117 Å². The van der Waals surface area contributed by atoms with E-state index in [9.17, 15) is 14.3 Å². The number of amides is 1. The molecule has 19 heavy (non-hydrogen) atoms. The largest absolute Gasteiger partial charge is 0.508 e. The van der Waals surface area contributed by atoms with Crippen molar-refractivity contribution in [2.24, 2.45) is 0 Å². The van der Waals surface area contributed by atoms with Crippen LogP contribution in [0.5, 0.6) is 5.75 Å². The third kappa shape index (κ3) is 3.18. The molecule has 1 aromatic rings. The summed E-state index contributed by atoms with van der Waals surface area (Å²) in [5.41, 5.74) is 0.0237. The standard InChI is InChI=1S/C14H17ClFNO2/c15-7-1-3-10-4-2-8-17(10)14(19)12-6-5-11(18)9-13(12)16/h5-6,9-10,18H,1-4,7-8H2. The fourth-order valence-corrected chi connectivity index (χ4v) is 2.70. The lowest BCUT2D eigenvalue weighted by molar-refractivity contribution is 0.0725. The van der Waals surface area contributed by atoms with Crippen molar-refractivity contribution in [2.45, 2.75) is 31.7 Å². The van der Waals surface area contributed by atoms with Gasteiger partial charge in [0.1, 0.15) is 11.6 Å². The first-order valence-corrected chi connectivity index (χ1v) is 7.02. The van der Waals surface area contributed by atoms with Gasteiger partial charge >= 0.3 is 0 Å². The highest BCUT2D eigenvalue weighted by atomic mass is 35.5. The molecule has 0 bridgehead atoms. The van der Waals surface area contributed by atoms with Gasteiger partial charge in [0, 0.05) is 24.5 Å². The van der Waals surface area contributed by atoms with Gasteiger partial charge in [-0.3, -0.25) is 4.79 Å². The second-order valence-electron chi connectivity index (χ2n) is 4.79. The number of phenols is 1. The minimum Gasteiger partial charge on any atom is -0.508 e. The summed E-state index contributed by atoms with van der Waals surface area (Å²) in [5, 5.41) is 9.17. The average molecular weight is 286 g/mol. The molecule has 1 heterocycles. The topological polar surface area (TPSA) is 40.5 Å². The number of halogens is 2. The van der Waals surface area contributed by atoms with Crippen molar-refractivity contribution in [3.63, 3.8) is 0 Å². The molecule has 1 fully saturated rings. The number of nitrogens with zero attached hydrogens (tertiary/aromatic N) is 1.